The van der Waals surface area contributed by atoms with E-state index in [4.69, 9.17) is 0 Å². The van der Waals surface area contributed by atoms with Crippen LogP contribution in [-0.2, 0) is 14.9 Å². The summed E-state index contributed by atoms with van der Waals surface area (Å²) >= 11 is 0. The maximum absolute atomic E-state index is 12.5. The molecule has 1 fully saturated rings. The van der Waals surface area contributed by atoms with Gasteiger partial charge in [0.1, 0.15) is 13.2 Å². The second-order valence-electron chi connectivity index (χ2n) is 6.27. The molecule has 0 saturated carbocycles. The number of hydroxylamine groups is 2. The average molecular weight is 306 g/mol. The molecule has 1 heterocycles. The molecule has 0 aromatic carbocycles. The van der Waals surface area contributed by atoms with Crippen LogP contribution in [0.15, 0.2) is 0 Å². The molecule has 1 radical (unpaired) electrons. The smallest absolute Gasteiger partial charge is 0.294 e. The molecule has 0 aromatic rings. The first-order chi connectivity index (χ1) is 9.49. The molecule has 0 aliphatic carbocycles. The number of hydrogen-bond donors (Lipinski definition) is 0. The lowest BCUT2D eigenvalue weighted by Gasteiger charge is -2.54. The zero-order valence-electron chi connectivity index (χ0n) is 12.5. The van der Waals surface area contributed by atoms with E-state index in [1.807, 2.05) is 0 Å². The molecule has 0 bridgehead atoms. The molecule has 2 atom stereocenters. The molecule has 0 aromatic heterocycles. The standard InChI is InChI=1S/C11H20N3O7/c1-10(2)8(6-20-13(16)17)5-9(7-21-14(18)19)11(3,4)12(10)15/h8-9H,5-7H2,1-4H3. The third-order valence-electron chi connectivity index (χ3n) is 4.38. The zero-order valence-corrected chi connectivity index (χ0v) is 12.5. The van der Waals surface area contributed by atoms with Crippen LogP contribution in [0.3, 0.4) is 0 Å². The molecule has 1 rings (SSSR count). The van der Waals surface area contributed by atoms with Crippen LogP contribution in [0.2, 0.25) is 0 Å². The maximum Gasteiger partial charge on any atom is 0.294 e. The van der Waals surface area contributed by atoms with Crippen molar-refractivity contribution in [3.8, 4) is 0 Å². The van der Waals surface area contributed by atoms with E-state index in [0.29, 0.717) is 6.42 Å². The predicted molar refractivity (Wildman–Crippen MR) is 68.2 cm³/mol. The van der Waals surface area contributed by atoms with Gasteiger partial charge in [-0.1, -0.05) is 0 Å². The predicted octanol–water partition coefficient (Wildman–Crippen LogP) is 1.24. The fourth-order valence-corrected chi connectivity index (χ4v) is 2.84. The van der Waals surface area contributed by atoms with E-state index in [2.05, 4.69) is 9.68 Å². The molecule has 0 N–H and O–H groups in total. The fourth-order valence-electron chi connectivity index (χ4n) is 2.84. The van der Waals surface area contributed by atoms with Crippen molar-refractivity contribution in [1.82, 2.24) is 5.06 Å². The molecule has 2 unspecified atom stereocenters. The Kier molecular flexibility index (Phi) is 4.95. The average Bonchev–Trinajstić information content (AvgIpc) is 2.34. The third-order valence-corrected chi connectivity index (χ3v) is 4.38. The summed E-state index contributed by atoms with van der Waals surface area (Å²) in [6, 6.07) is 0. The summed E-state index contributed by atoms with van der Waals surface area (Å²) in [5.74, 6) is -0.873. The number of rotatable bonds is 6. The molecular formula is C11H20N3O7. The first-order valence-electron chi connectivity index (χ1n) is 6.51. The van der Waals surface area contributed by atoms with Gasteiger partial charge in [-0.05, 0) is 34.1 Å². The highest BCUT2D eigenvalue weighted by molar-refractivity contribution is 5.01. The summed E-state index contributed by atoms with van der Waals surface area (Å²) in [6.07, 6.45) is 0.362. The minimum absolute atomic E-state index is 0.232. The normalized spacial score (nSPS) is 27.9. The Morgan fingerprint density at radius 1 is 1.00 bits per heavy atom. The van der Waals surface area contributed by atoms with Crippen LogP contribution in [0.4, 0.5) is 0 Å². The molecule has 21 heavy (non-hydrogen) atoms. The third kappa shape index (κ3) is 3.70. The maximum atomic E-state index is 12.5. The van der Waals surface area contributed by atoms with Crippen LogP contribution < -0.4 is 0 Å². The summed E-state index contributed by atoms with van der Waals surface area (Å²) in [5.41, 5.74) is -1.77. The lowest BCUT2D eigenvalue weighted by molar-refractivity contribution is -0.762. The van der Waals surface area contributed by atoms with E-state index in [9.17, 15) is 25.4 Å². The molecule has 1 aliphatic rings. The highest BCUT2D eigenvalue weighted by Crippen LogP contribution is 2.44. The molecule has 121 valence electrons. The van der Waals surface area contributed by atoms with Crippen LogP contribution in [0.5, 0.6) is 0 Å². The summed E-state index contributed by atoms with van der Waals surface area (Å²) < 4.78 is 0. The van der Waals surface area contributed by atoms with E-state index >= 15 is 0 Å². The van der Waals surface area contributed by atoms with Crippen molar-refractivity contribution in [2.45, 2.75) is 45.2 Å². The second-order valence-corrected chi connectivity index (χ2v) is 6.27. The van der Waals surface area contributed by atoms with Gasteiger partial charge in [0.15, 0.2) is 0 Å². The lowest BCUT2D eigenvalue weighted by Crippen LogP contribution is -2.65. The summed E-state index contributed by atoms with van der Waals surface area (Å²) in [7, 11) is 0. The Labute approximate surface area is 121 Å². The van der Waals surface area contributed by atoms with Gasteiger partial charge in [-0.25, -0.2) is 0 Å². The zero-order chi connectivity index (χ0) is 16.4. The molecule has 0 amide bonds. The van der Waals surface area contributed by atoms with Crippen molar-refractivity contribution in [3.63, 3.8) is 0 Å². The van der Waals surface area contributed by atoms with Crippen LogP contribution >= 0.6 is 0 Å². The molecule has 10 nitrogen and oxygen atoms in total. The van der Waals surface area contributed by atoms with E-state index in [-0.39, 0.29) is 13.2 Å². The van der Waals surface area contributed by atoms with Gasteiger partial charge in [-0.3, -0.25) is 0 Å². The van der Waals surface area contributed by atoms with Gasteiger partial charge in [-0.15, -0.1) is 30.5 Å². The van der Waals surface area contributed by atoms with Gasteiger partial charge in [-0.2, -0.15) is 0 Å². The molecular weight excluding hydrogens is 286 g/mol. The minimum Gasteiger partial charge on any atom is -0.314 e. The summed E-state index contributed by atoms with van der Waals surface area (Å²) in [6.45, 7) is 6.26. The summed E-state index contributed by atoms with van der Waals surface area (Å²) in [4.78, 5) is 29.5. The minimum atomic E-state index is -0.909. The summed E-state index contributed by atoms with van der Waals surface area (Å²) in [5, 5.41) is 32.2. The number of nitrogens with zero attached hydrogens (tertiary/aromatic N) is 3. The first-order valence-corrected chi connectivity index (χ1v) is 6.51. The second kappa shape index (κ2) is 5.98. The molecule has 10 heteroatoms. The fraction of sp³-hybridized carbons (Fsp3) is 1.00. The van der Waals surface area contributed by atoms with E-state index in [1.165, 1.54) is 0 Å². The van der Waals surface area contributed by atoms with Crippen molar-refractivity contribution in [2.75, 3.05) is 13.2 Å². The van der Waals surface area contributed by atoms with Gasteiger partial charge < -0.3 is 9.68 Å². The molecule has 1 saturated heterocycles. The SMILES string of the molecule is CC1(C)C(CO[N+](=O)[O-])CC(CO[N+](=O)[O-])C(C)(C)N1[O]. The highest BCUT2D eigenvalue weighted by Gasteiger charge is 2.53. The quantitative estimate of drug-likeness (QED) is 0.533. The Morgan fingerprint density at radius 3 is 1.62 bits per heavy atom. The Hall–Kier alpha value is -1.68. The van der Waals surface area contributed by atoms with Crippen LogP contribution in [0, 0.1) is 32.1 Å². The first kappa shape index (κ1) is 17.4. The van der Waals surface area contributed by atoms with E-state index < -0.39 is 33.1 Å². The monoisotopic (exact) mass is 306 g/mol. The van der Waals surface area contributed by atoms with Crippen LogP contribution in [0.25, 0.3) is 0 Å². The van der Waals surface area contributed by atoms with Crippen molar-refractivity contribution in [2.24, 2.45) is 11.8 Å². The van der Waals surface area contributed by atoms with Crippen molar-refractivity contribution < 1.29 is 25.1 Å². The van der Waals surface area contributed by atoms with Gasteiger partial charge >= 0.3 is 0 Å². The van der Waals surface area contributed by atoms with Crippen molar-refractivity contribution in [3.05, 3.63) is 20.2 Å². The van der Waals surface area contributed by atoms with Crippen molar-refractivity contribution in [1.29, 1.82) is 0 Å². The van der Waals surface area contributed by atoms with Gasteiger partial charge in [0.25, 0.3) is 10.2 Å². The topological polar surface area (TPSA) is 128 Å². The number of hydrogen-bond acceptors (Lipinski definition) is 7. The molecule has 0 spiro atoms. The Bertz CT molecular complexity index is 377. The Morgan fingerprint density at radius 2 is 1.33 bits per heavy atom. The largest absolute Gasteiger partial charge is 0.314 e. The van der Waals surface area contributed by atoms with Gasteiger partial charge in [0.05, 0.1) is 0 Å². The Balaban J connectivity index is 2.90. The molecule has 1 aliphatic heterocycles. The van der Waals surface area contributed by atoms with E-state index in [1.54, 1.807) is 27.7 Å². The van der Waals surface area contributed by atoms with Crippen LogP contribution in [0.1, 0.15) is 34.1 Å². The highest BCUT2D eigenvalue weighted by atomic mass is 17.0. The van der Waals surface area contributed by atoms with E-state index in [0.717, 1.165) is 5.06 Å². The van der Waals surface area contributed by atoms with Gasteiger partial charge in [0, 0.05) is 22.9 Å². The van der Waals surface area contributed by atoms with Crippen LogP contribution in [-0.4, -0.2) is 39.5 Å². The van der Waals surface area contributed by atoms with Crippen molar-refractivity contribution >= 4 is 0 Å². The van der Waals surface area contributed by atoms with Gasteiger partial charge in [0.2, 0.25) is 0 Å². The number of piperidine rings is 1. The lowest BCUT2D eigenvalue weighted by atomic mass is 9.68.